The number of rotatable bonds is 4. The minimum atomic E-state index is 0.672. The van der Waals surface area contributed by atoms with Crippen LogP contribution in [0.2, 0.25) is 0 Å². The van der Waals surface area contributed by atoms with Crippen LogP contribution in [0, 0.1) is 0 Å². The summed E-state index contributed by atoms with van der Waals surface area (Å²) in [5.41, 5.74) is 5.36. The van der Waals surface area contributed by atoms with Crippen molar-refractivity contribution in [3.05, 3.63) is 127 Å². The quantitative estimate of drug-likeness (QED) is 0.247. The molecule has 0 atom stereocenters. The fraction of sp³-hybridized carbons (Fsp3) is 0. The highest BCUT2D eigenvalue weighted by Crippen LogP contribution is 2.38. The Kier molecular flexibility index (Phi) is 5.30. The molecular formula is C33H21N3S. The van der Waals surface area contributed by atoms with Gasteiger partial charge in [-0.2, -0.15) is 0 Å². The molecule has 0 aliphatic carbocycles. The number of fused-ring (bicyclic) bond motifs is 3. The summed E-state index contributed by atoms with van der Waals surface area (Å²) in [6.45, 7) is 0. The van der Waals surface area contributed by atoms with E-state index in [2.05, 4.69) is 66.7 Å². The summed E-state index contributed by atoms with van der Waals surface area (Å²) in [6, 6.07) is 44.0. The van der Waals surface area contributed by atoms with Gasteiger partial charge in [0.2, 0.25) is 0 Å². The predicted molar refractivity (Wildman–Crippen MR) is 154 cm³/mol. The predicted octanol–water partition coefficient (Wildman–Crippen LogP) is 8.91. The van der Waals surface area contributed by atoms with E-state index >= 15 is 0 Å². The van der Waals surface area contributed by atoms with Crippen molar-refractivity contribution in [1.29, 1.82) is 0 Å². The van der Waals surface area contributed by atoms with Gasteiger partial charge in [0, 0.05) is 36.9 Å². The Hall–Kier alpha value is -4.67. The normalized spacial score (nSPS) is 11.2. The van der Waals surface area contributed by atoms with Gasteiger partial charge in [0.15, 0.2) is 17.5 Å². The van der Waals surface area contributed by atoms with E-state index in [9.17, 15) is 0 Å². The Balaban J connectivity index is 1.41. The summed E-state index contributed by atoms with van der Waals surface area (Å²) in [4.78, 5) is 14.7. The minimum absolute atomic E-state index is 0.672. The van der Waals surface area contributed by atoms with Crippen molar-refractivity contribution in [3.8, 4) is 45.3 Å². The Labute approximate surface area is 218 Å². The first-order chi connectivity index (χ1) is 18.3. The van der Waals surface area contributed by atoms with Crippen LogP contribution in [0.3, 0.4) is 0 Å². The van der Waals surface area contributed by atoms with Crippen LogP contribution in [0.5, 0.6) is 0 Å². The third-order valence-electron chi connectivity index (χ3n) is 6.53. The molecule has 7 aromatic rings. The standard InChI is InChI=1S/C33H21N3S/c1-4-10-22(11-5-1)25-16-18-29-27(20-25)28-21-26(17-19-30(28)37-29)33-35-31(23-12-6-2-7-13-23)34-32(36-33)24-14-8-3-9-15-24/h1-21H. The number of aromatic nitrogens is 3. The molecular weight excluding hydrogens is 470 g/mol. The van der Waals surface area contributed by atoms with Crippen molar-refractivity contribution in [1.82, 2.24) is 15.0 Å². The molecule has 5 aromatic carbocycles. The molecule has 0 saturated carbocycles. The third-order valence-corrected chi connectivity index (χ3v) is 7.69. The molecule has 0 aliphatic heterocycles. The highest BCUT2D eigenvalue weighted by Gasteiger charge is 2.14. The van der Waals surface area contributed by atoms with Gasteiger partial charge in [-0.1, -0.05) is 97.1 Å². The molecule has 0 aliphatic rings. The van der Waals surface area contributed by atoms with E-state index < -0.39 is 0 Å². The van der Waals surface area contributed by atoms with E-state index in [4.69, 9.17) is 15.0 Å². The first-order valence-corrected chi connectivity index (χ1v) is 13.0. The topological polar surface area (TPSA) is 38.7 Å². The van der Waals surface area contributed by atoms with E-state index in [1.165, 1.54) is 31.3 Å². The lowest BCUT2D eigenvalue weighted by molar-refractivity contribution is 1.07. The van der Waals surface area contributed by atoms with Crippen molar-refractivity contribution >= 4 is 31.5 Å². The molecule has 2 aromatic heterocycles. The lowest BCUT2D eigenvalue weighted by atomic mass is 10.0. The molecule has 7 rings (SSSR count). The fourth-order valence-corrected chi connectivity index (χ4v) is 5.73. The molecule has 0 fully saturated rings. The number of nitrogens with zero attached hydrogens (tertiary/aromatic N) is 3. The largest absolute Gasteiger partial charge is 0.208 e. The van der Waals surface area contributed by atoms with Crippen LogP contribution in [0.1, 0.15) is 0 Å². The van der Waals surface area contributed by atoms with Crippen molar-refractivity contribution < 1.29 is 0 Å². The minimum Gasteiger partial charge on any atom is -0.208 e. The summed E-state index contributed by atoms with van der Waals surface area (Å²) in [7, 11) is 0. The summed E-state index contributed by atoms with van der Waals surface area (Å²) < 4.78 is 2.53. The van der Waals surface area contributed by atoms with Gasteiger partial charge in [-0.25, -0.2) is 15.0 Å². The zero-order chi connectivity index (χ0) is 24.6. The lowest BCUT2D eigenvalue weighted by Gasteiger charge is -2.08. The van der Waals surface area contributed by atoms with Crippen molar-refractivity contribution in [3.63, 3.8) is 0 Å². The van der Waals surface area contributed by atoms with Gasteiger partial charge >= 0.3 is 0 Å². The average Bonchev–Trinajstić information content (AvgIpc) is 3.35. The Bertz CT molecular complexity index is 1800. The molecule has 3 nitrogen and oxygen atoms in total. The summed E-state index contributed by atoms with van der Waals surface area (Å²) in [5.74, 6) is 2.02. The van der Waals surface area contributed by atoms with Crippen LogP contribution >= 0.6 is 11.3 Å². The molecule has 0 amide bonds. The number of benzene rings is 5. The summed E-state index contributed by atoms with van der Waals surface area (Å²) >= 11 is 1.82. The fourth-order valence-electron chi connectivity index (χ4n) is 4.66. The molecule has 2 heterocycles. The maximum absolute atomic E-state index is 4.92. The highest BCUT2D eigenvalue weighted by molar-refractivity contribution is 7.25. The first kappa shape index (κ1) is 21.6. The Morgan fingerprint density at radius 1 is 0.351 bits per heavy atom. The van der Waals surface area contributed by atoms with Crippen LogP contribution in [0.4, 0.5) is 0 Å². The van der Waals surface area contributed by atoms with Crippen LogP contribution in [0.15, 0.2) is 127 Å². The number of hydrogen-bond acceptors (Lipinski definition) is 4. The maximum atomic E-state index is 4.92. The van der Waals surface area contributed by atoms with Crippen molar-refractivity contribution in [2.45, 2.75) is 0 Å². The van der Waals surface area contributed by atoms with E-state index in [-0.39, 0.29) is 0 Å². The molecule has 0 saturated heterocycles. The van der Waals surface area contributed by atoms with Crippen LogP contribution in [-0.2, 0) is 0 Å². The van der Waals surface area contributed by atoms with E-state index in [0.717, 1.165) is 16.7 Å². The van der Waals surface area contributed by atoms with Crippen molar-refractivity contribution in [2.24, 2.45) is 0 Å². The van der Waals surface area contributed by atoms with Gasteiger partial charge in [0.1, 0.15) is 0 Å². The molecule has 0 spiro atoms. The van der Waals surface area contributed by atoms with Crippen LogP contribution < -0.4 is 0 Å². The first-order valence-electron chi connectivity index (χ1n) is 12.2. The van der Waals surface area contributed by atoms with E-state index in [0.29, 0.717) is 17.5 Å². The SMILES string of the molecule is c1ccc(-c2ccc3sc4ccc(-c5nc(-c6ccccc6)nc(-c6ccccc6)n5)cc4c3c2)cc1. The lowest BCUT2D eigenvalue weighted by Crippen LogP contribution is -2.00. The maximum Gasteiger partial charge on any atom is 0.164 e. The smallest absolute Gasteiger partial charge is 0.164 e. The second kappa shape index (κ2) is 9.08. The van der Waals surface area contributed by atoms with Crippen LogP contribution in [0.25, 0.3) is 65.5 Å². The Morgan fingerprint density at radius 2 is 0.757 bits per heavy atom. The molecule has 0 N–H and O–H groups in total. The van der Waals surface area contributed by atoms with Gasteiger partial charge in [-0.3, -0.25) is 0 Å². The third kappa shape index (κ3) is 4.07. The second-order valence-electron chi connectivity index (χ2n) is 8.93. The molecule has 0 unspecified atom stereocenters. The average molecular weight is 492 g/mol. The molecule has 0 radical (unpaired) electrons. The Morgan fingerprint density at radius 3 is 1.27 bits per heavy atom. The summed E-state index contributed by atoms with van der Waals surface area (Å²) in [6.07, 6.45) is 0. The monoisotopic (exact) mass is 491 g/mol. The van der Waals surface area contributed by atoms with Crippen molar-refractivity contribution in [2.75, 3.05) is 0 Å². The van der Waals surface area contributed by atoms with Crippen LogP contribution in [-0.4, -0.2) is 15.0 Å². The van der Waals surface area contributed by atoms with Gasteiger partial charge < -0.3 is 0 Å². The number of hydrogen-bond donors (Lipinski definition) is 0. The molecule has 174 valence electrons. The highest BCUT2D eigenvalue weighted by atomic mass is 32.1. The van der Waals surface area contributed by atoms with E-state index in [1.807, 2.05) is 72.0 Å². The van der Waals surface area contributed by atoms with E-state index in [1.54, 1.807) is 0 Å². The summed E-state index contributed by atoms with van der Waals surface area (Å²) in [5, 5.41) is 2.47. The number of thiophene rings is 1. The molecule has 4 heteroatoms. The molecule has 37 heavy (non-hydrogen) atoms. The molecule has 0 bridgehead atoms. The van der Waals surface area contributed by atoms with Gasteiger partial charge in [0.25, 0.3) is 0 Å². The zero-order valence-corrected chi connectivity index (χ0v) is 20.7. The van der Waals surface area contributed by atoms with Gasteiger partial charge in [0.05, 0.1) is 0 Å². The zero-order valence-electron chi connectivity index (χ0n) is 19.9. The second-order valence-corrected chi connectivity index (χ2v) is 10.0. The van der Waals surface area contributed by atoms with Gasteiger partial charge in [-0.15, -0.1) is 11.3 Å². The van der Waals surface area contributed by atoms with Gasteiger partial charge in [-0.05, 0) is 41.5 Å².